The summed E-state index contributed by atoms with van der Waals surface area (Å²) in [7, 11) is 5.50. The van der Waals surface area contributed by atoms with Crippen LogP contribution in [-0.4, -0.2) is 80.6 Å². The molecule has 0 aliphatic carbocycles. The molecule has 0 aliphatic heterocycles. The lowest BCUT2D eigenvalue weighted by atomic mass is 10.1. The van der Waals surface area contributed by atoms with Crippen molar-refractivity contribution in [3.05, 3.63) is 24.3 Å². The van der Waals surface area contributed by atoms with Gasteiger partial charge in [-0.3, -0.25) is 9.59 Å². The zero-order chi connectivity index (χ0) is 36.4. The van der Waals surface area contributed by atoms with Gasteiger partial charge in [0.2, 0.25) is 0 Å². The number of carbonyl (C=O) groups is 3. The molecule has 0 radical (unpaired) electrons. The second-order valence-electron chi connectivity index (χ2n) is 14.5. The zero-order valence-corrected chi connectivity index (χ0v) is 32.4. The normalized spacial score (nSPS) is 13.2. The number of likely N-dealkylation sites (N-methyl/N-ethyl adjacent to an activating group) is 1. The molecule has 0 aliphatic rings. The molecule has 8 nitrogen and oxygen atoms in total. The molecule has 0 heterocycles. The third kappa shape index (κ3) is 31.5. The van der Waals surface area contributed by atoms with Gasteiger partial charge in [0.05, 0.1) is 34.4 Å². The molecule has 0 aromatic carbocycles. The summed E-state index contributed by atoms with van der Waals surface area (Å²) < 4.78 is 17.1. The number of unbranched alkanes of at least 4 members (excludes halogenated alkanes) is 17. The van der Waals surface area contributed by atoms with Crippen molar-refractivity contribution in [3.63, 3.8) is 0 Å². The van der Waals surface area contributed by atoms with Crippen molar-refractivity contribution in [2.75, 3.05) is 41.0 Å². The van der Waals surface area contributed by atoms with Crippen LogP contribution in [-0.2, 0) is 28.6 Å². The Labute approximate surface area is 301 Å². The molecule has 0 spiro atoms. The molecule has 0 saturated heterocycles. The van der Waals surface area contributed by atoms with E-state index < -0.39 is 18.1 Å². The molecule has 49 heavy (non-hydrogen) atoms. The van der Waals surface area contributed by atoms with Gasteiger partial charge in [-0.15, -0.1) is 0 Å². The maximum Gasteiger partial charge on any atom is 0.362 e. The van der Waals surface area contributed by atoms with Gasteiger partial charge in [0, 0.05) is 19.3 Å². The van der Waals surface area contributed by atoms with Crippen LogP contribution < -0.4 is 0 Å². The highest BCUT2D eigenvalue weighted by Crippen LogP contribution is 2.13. The number of hydrogen-bond donors (Lipinski definition) is 1. The number of nitrogens with zero attached hydrogens (tertiary/aromatic N) is 1. The Hall–Kier alpha value is -2.19. The van der Waals surface area contributed by atoms with Gasteiger partial charge < -0.3 is 23.8 Å². The van der Waals surface area contributed by atoms with Crippen molar-refractivity contribution in [2.24, 2.45) is 0 Å². The standard InChI is InChI=1S/C41H75NO7/c1-6-8-10-12-14-15-16-17-18-19-20-21-22-23-24-26-28-30-32-40(44)49-37(35-47-34-33-38(41(45)46)42(3,4)5)36-48-39(43)31-29-27-25-13-11-9-7-2/h20-21,25,27,37-38H,6-19,22-24,26,28-36H2,1-5H3/p+1/b21-20+,27-25+. The summed E-state index contributed by atoms with van der Waals surface area (Å²) in [5, 5.41) is 9.57. The minimum atomic E-state index is -0.881. The molecule has 0 fully saturated rings. The molecular weight excluding hydrogens is 618 g/mol. The Bertz CT molecular complexity index is 864. The molecule has 0 rings (SSSR count). The number of quaternary nitrogens is 1. The number of allylic oxidation sites excluding steroid dienone is 4. The molecule has 0 amide bonds. The van der Waals surface area contributed by atoms with Crippen LogP contribution in [0.2, 0.25) is 0 Å². The second kappa shape index (κ2) is 33.0. The van der Waals surface area contributed by atoms with Crippen LogP contribution >= 0.6 is 0 Å². The van der Waals surface area contributed by atoms with Gasteiger partial charge in [-0.1, -0.05) is 122 Å². The lowest BCUT2D eigenvalue weighted by molar-refractivity contribution is -0.887. The molecular formula is C41H76NO7+. The van der Waals surface area contributed by atoms with Crippen LogP contribution in [0.25, 0.3) is 0 Å². The second-order valence-corrected chi connectivity index (χ2v) is 14.5. The number of carboxylic acids is 1. The lowest BCUT2D eigenvalue weighted by Gasteiger charge is -2.31. The number of rotatable bonds is 35. The first kappa shape index (κ1) is 46.8. The van der Waals surface area contributed by atoms with Crippen molar-refractivity contribution in [2.45, 2.75) is 180 Å². The topological polar surface area (TPSA) is 99.1 Å². The predicted octanol–water partition coefficient (Wildman–Crippen LogP) is 10.1. The average molecular weight is 695 g/mol. The van der Waals surface area contributed by atoms with Crippen molar-refractivity contribution >= 4 is 17.9 Å². The number of carbonyl (C=O) groups excluding carboxylic acids is 2. The number of ether oxygens (including phenoxy) is 3. The largest absolute Gasteiger partial charge is 0.477 e. The van der Waals surface area contributed by atoms with E-state index in [4.69, 9.17) is 14.2 Å². The minimum absolute atomic E-state index is 0.0481. The summed E-state index contributed by atoms with van der Waals surface area (Å²) in [6, 6.07) is -0.616. The first-order valence-electron chi connectivity index (χ1n) is 19.9. The van der Waals surface area contributed by atoms with E-state index in [1.54, 1.807) is 0 Å². The van der Waals surface area contributed by atoms with E-state index in [-0.39, 0.29) is 42.7 Å². The van der Waals surface area contributed by atoms with Crippen molar-refractivity contribution in [3.8, 4) is 0 Å². The van der Waals surface area contributed by atoms with Gasteiger partial charge in [-0.25, -0.2) is 4.79 Å². The summed E-state index contributed by atoms with van der Waals surface area (Å²) in [6.07, 6.45) is 33.9. The number of hydrogen-bond acceptors (Lipinski definition) is 6. The SMILES string of the molecule is CCCCC/C=C/CCC(=O)OCC(COCCC(C(=O)O)[N+](C)(C)C)OC(=O)CCCCCCC/C=C/CCCCCCCCCCC. The summed E-state index contributed by atoms with van der Waals surface area (Å²) >= 11 is 0. The van der Waals surface area contributed by atoms with E-state index in [2.05, 4.69) is 32.1 Å². The fraction of sp³-hybridized carbons (Fsp3) is 0.829. The fourth-order valence-electron chi connectivity index (χ4n) is 5.69. The minimum Gasteiger partial charge on any atom is -0.477 e. The molecule has 1 N–H and O–H groups in total. The van der Waals surface area contributed by atoms with E-state index in [0.29, 0.717) is 19.3 Å². The van der Waals surface area contributed by atoms with E-state index >= 15 is 0 Å². The molecule has 8 heteroatoms. The maximum absolute atomic E-state index is 12.6. The van der Waals surface area contributed by atoms with Gasteiger partial charge in [-0.05, 0) is 51.4 Å². The summed E-state index contributed by atoms with van der Waals surface area (Å²) in [4.78, 5) is 36.6. The third-order valence-electron chi connectivity index (χ3n) is 8.84. The summed E-state index contributed by atoms with van der Waals surface area (Å²) in [6.45, 7) is 4.62. The van der Waals surface area contributed by atoms with Gasteiger partial charge in [0.25, 0.3) is 0 Å². The van der Waals surface area contributed by atoms with E-state index in [0.717, 1.165) is 44.9 Å². The molecule has 286 valence electrons. The quantitative estimate of drug-likeness (QED) is 0.0305. The van der Waals surface area contributed by atoms with Crippen molar-refractivity contribution in [1.29, 1.82) is 0 Å². The Morgan fingerprint density at radius 3 is 1.59 bits per heavy atom. The summed E-state index contributed by atoms with van der Waals surface area (Å²) in [5.74, 6) is -1.55. The number of aliphatic carboxylic acids is 1. The molecule has 0 bridgehead atoms. The molecule has 0 aromatic rings. The van der Waals surface area contributed by atoms with Gasteiger partial charge in [0.15, 0.2) is 12.1 Å². The smallest absolute Gasteiger partial charge is 0.362 e. The number of carboxylic acid groups (broad SMARTS) is 1. The fourth-order valence-corrected chi connectivity index (χ4v) is 5.69. The molecule has 0 aromatic heterocycles. The van der Waals surface area contributed by atoms with Crippen LogP contribution in [0.1, 0.15) is 168 Å². The Morgan fingerprint density at radius 2 is 1.06 bits per heavy atom. The molecule has 0 saturated carbocycles. The maximum atomic E-state index is 12.6. The Morgan fingerprint density at radius 1 is 0.592 bits per heavy atom. The van der Waals surface area contributed by atoms with Crippen molar-refractivity contribution < 1.29 is 38.2 Å². The average Bonchev–Trinajstić information content (AvgIpc) is 3.05. The molecule has 2 atom stereocenters. The van der Waals surface area contributed by atoms with E-state index in [1.165, 1.54) is 83.5 Å². The first-order valence-corrected chi connectivity index (χ1v) is 19.9. The van der Waals surface area contributed by atoms with Crippen LogP contribution in [0, 0.1) is 0 Å². The van der Waals surface area contributed by atoms with Crippen molar-refractivity contribution in [1.82, 2.24) is 0 Å². The summed E-state index contributed by atoms with van der Waals surface area (Å²) in [5.41, 5.74) is 0. The van der Waals surface area contributed by atoms with Crippen LogP contribution in [0.5, 0.6) is 0 Å². The monoisotopic (exact) mass is 695 g/mol. The van der Waals surface area contributed by atoms with E-state index in [1.807, 2.05) is 27.2 Å². The van der Waals surface area contributed by atoms with Crippen LogP contribution in [0.3, 0.4) is 0 Å². The highest BCUT2D eigenvalue weighted by molar-refractivity contribution is 5.72. The van der Waals surface area contributed by atoms with Crippen LogP contribution in [0.4, 0.5) is 0 Å². The van der Waals surface area contributed by atoms with E-state index in [9.17, 15) is 19.5 Å². The highest BCUT2D eigenvalue weighted by atomic mass is 16.6. The van der Waals surface area contributed by atoms with Gasteiger partial charge in [-0.2, -0.15) is 0 Å². The van der Waals surface area contributed by atoms with Crippen LogP contribution in [0.15, 0.2) is 24.3 Å². The first-order chi connectivity index (χ1) is 23.6. The predicted molar refractivity (Wildman–Crippen MR) is 202 cm³/mol. The highest BCUT2D eigenvalue weighted by Gasteiger charge is 2.31. The van der Waals surface area contributed by atoms with Gasteiger partial charge >= 0.3 is 17.9 Å². The third-order valence-corrected chi connectivity index (χ3v) is 8.84. The molecule has 2 unspecified atom stereocenters. The Balaban J connectivity index is 4.32. The Kier molecular flexibility index (Phi) is 31.5. The van der Waals surface area contributed by atoms with Gasteiger partial charge in [0.1, 0.15) is 6.61 Å². The lowest BCUT2D eigenvalue weighted by Crippen LogP contribution is -2.50. The zero-order valence-electron chi connectivity index (χ0n) is 32.4. The number of esters is 2.